The third-order valence-corrected chi connectivity index (χ3v) is 3.91. The molecule has 1 N–H and O–H groups in total. The van der Waals surface area contributed by atoms with Gasteiger partial charge in [0, 0.05) is 17.8 Å². The second-order valence-corrected chi connectivity index (χ2v) is 5.19. The van der Waals surface area contributed by atoms with Gasteiger partial charge in [-0.2, -0.15) is 5.26 Å². The fraction of sp³-hybridized carbons (Fsp3) is 0.533. The molecule has 2 unspecified atom stereocenters. The molecular formula is C15H18N2O2. The Balaban J connectivity index is 1.74. The minimum absolute atomic E-state index is 0.105. The van der Waals surface area contributed by atoms with E-state index in [1.165, 1.54) is 12.8 Å². The predicted molar refractivity (Wildman–Crippen MR) is 72.2 cm³/mol. The van der Waals surface area contributed by atoms with E-state index in [4.69, 9.17) is 9.47 Å². The minimum atomic E-state index is 0.105. The van der Waals surface area contributed by atoms with Gasteiger partial charge in [0.05, 0.1) is 12.0 Å². The second kappa shape index (κ2) is 5.40. The lowest BCUT2D eigenvalue weighted by Crippen LogP contribution is -2.27. The van der Waals surface area contributed by atoms with E-state index in [2.05, 4.69) is 11.4 Å². The van der Waals surface area contributed by atoms with Gasteiger partial charge in [-0.3, -0.25) is 0 Å². The van der Waals surface area contributed by atoms with Gasteiger partial charge in [0.25, 0.3) is 0 Å². The first-order valence-corrected chi connectivity index (χ1v) is 6.92. The maximum absolute atomic E-state index is 9.28. The number of fused-ring (bicyclic) bond motifs is 1. The summed E-state index contributed by atoms with van der Waals surface area (Å²) in [5.41, 5.74) is 1.01. The molecule has 1 heterocycles. The predicted octanol–water partition coefficient (Wildman–Crippen LogP) is 3.30. The Kier molecular flexibility index (Phi) is 3.45. The summed E-state index contributed by atoms with van der Waals surface area (Å²) in [6, 6.07) is 8.56. The SMILES string of the molecule is N#CC1CCCCCC1Nc1ccc2c(c1)OCO2. The van der Waals surface area contributed by atoms with Gasteiger partial charge in [-0.1, -0.05) is 19.3 Å². The zero-order valence-electron chi connectivity index (χ0n) is 10.9. The third-order valence-electron chi connectivity index (χ3n) is 3.91. The maximum atomic E-state index is 9.28. The molecule has 1 fully saturated rings. The molecule has 0 radical (unpaired) electrons. The molecule has 100 valence electrons. The Labute approximate surface area is 113 Å². The van der Waals surface area contributed by atoms with Crippen molar-refractivity contribution >= 4 is 5.69 Å². The van der Waals surface area contributed by atoms with E-state index < -0.39 is 0 Å². The van der Waals surface area contributed by atoms with Crippen molar-refractivity contribution < 1.29 is 9.47 Å². The van der Waals surface area contributed by atoms with E-state index >= 15 is 0 Å². The summed E-state index contributed by atoms with van der Waals surface area (Å²) in [4.78, 5) is 0. The van der Waals surface area contributed by atoms with E-state index in [0.717, 1.165) is 36.4 Å². The molecule has 4 nitrogen and oxygen atoms in total. The summed E-state index contributed by atoms with van der Waals surface area (Å²) in [5.74, 6) is 1.68. The van der Waals surface area contributed by atoms with E-state index in [0.29, 0.717) is 6.79 Å². The molecule has 1 aromatic rings. The van der Waals surface area contributed by atoms with Crippen molar-refractivity contribution in [2.75, 3.05) is 12.1 Å². The standard InChI is InChI=1S/C15H18N2O2/c16-9-11-4-2-1-3-5-13(11)17-12-6-7-14-15(8-12)19-10-18-14/h6-8,11,13,17H,1-5,10H2. The molecule has 0 bridgehead atoms. The third kappa shape index (κ3) is 2.60. The lowest BCUT2D eigenvalue weighted by Gasteiger charge is -2.22. The fourth-order valence-corrected chi connectivity index (χ4v) is 2.84. The molecule has 2 atom stereocenters. The number of nitrogens with zero attached hydrogens (tertiary/aromatic N) is 1. The largest absolute Gasteiger partial charge is 0.454 e. The van der Waals surface area contributed by atoms with E-state index in [1.54, 1.807) is 0 Å². The Morgan fingerprint density at radius 3 is 2.84 bits per heavy atom. The first kappa shape index (κ1) is 12.2. The number of ether oxygens (including phenoxy) is 2. The van der Waals surface area contributed by atoms with Crippen LogP contribution in [0.4, 0.5) is 5.69 Å². The normalized spacial score (nSPS) is 25.4. The Morgan fingerprint density at radius 1 is 1.11 bits per heavy atom. The quantitative estimate of drug-likeness (QED) is 0.827. The average Bonchev–Trinajstić information content (AvgIpc) is 2.78. The van der Waals surface area contributed by atoms with Crippen LogP contribution in [-0.4, -0.2) is 12.8 Å². The highest BCUT2D eigenvalue weighted by molar-refractivity contribution is 5.56. The van der Waals surface area contributed by atoms with Crippen molar-refractivity contribution in [3.05, 3.63) is 18.2 Å². The zero-order chi connectivity index (χ0) is 13.1. The summed E-state index contributed by atoms with van der Waals surface area (Å²) in [6.45, 7) is 0.295. The van der Waals surface area contributed by atoms with Crippen LogP contribution in [-0.2, 0) is 0 Å². The molecule has 19 heavy (non-hydrogen) atoms. The molecule has 4 heteroatoms. The van der Waals surface area contributed by atoms with Crippen LogP contribution in [0.25, 0.3) is 0 Å². The average molecular weight is 258 g/mol. The van der Waals surface area contributed by atoms with Crippen LogP contribution >= 0.6 is 0 Å². The minimum Gasteiger partial charge on any atom is -0.454 e. The molecule has 0 spiro atoms. The van der Waals surface area contributed by atoms with E-state index in [9.17, 15) is 5.26 Å². The second-order valence-electron chi connectivity index (χ2n) is 5.19. The number of anilines is 1. The van der Waals surface area contributed by atoms with Crippen molar-refractivity contribution in [2.45, 2.75) is 38.1 Å². The monoisotopic (exact) mass is 258 g/mol. The van der Waals surface area contributed by atoms with Crippen LogP contribution in [0.2, 0.25) is 0 Å². The molecule has 3 rings (SSSR count). The van der Waals surface area contributed by atoms with Gasteiger partial charge in [-0.15, -0.1) is 0 Å². The Bertz CT molecular complexity index is 495. The van der Waals surface area contributed by atoms with Crippen LogP contribution in [0.1, 0.15) is 32.1 Å². The van der Waals surface area contributed by atoms with Crippen molar-refractivity contribution in [3.63, 3.8) is 0 Å². The molecule has 0 aromatic heterocycles. The van der Waals surface area contributed by atoms with Crippen LogP contribution < -0.4 is 14.8 Å². The number of hydrogen-bond acceptors (Lipinski definition) is 4. The highest BCUT2D eigenvalue weighted by Gasteiger charge is 2.24. The van der Waals surface area contributed by atoms with Crippen LogP contribution in [0.15, 0.2) is 18.2 Å². The molecule has 1 aromatic carbocycles. The van der Waals surface area contributed by atoms with Crippen molar-refractivity contribution in [2.24, 2.45) is 5.92 Å². The molecule has 0 saturated heterocycles. The topological polar surface area (TPSA) is 54.3 Å². The zero-order valence-corrected chi connectivity index (χ0v) is 10.9. The smallest absolute Gasteiger partial charge is 0.231 e. The number of benzene rings is 1. The molecule has 1 aliphatic heterocycles. The molecule has 0 amide bonds. The van der Waals surface area contributed by atoms with Crippen molar-refractivity contribution in [3.8, 4) is 17.6 Å². The van der Waals surface area contributed by atoms with E-state index in [-0.39, 0.29) is 12.0 Å². The molecule has 1 saturated carbocycles. The summed E-state index contributed by atoms with van der Waals surface area (Å²) in [5, 5.41) is 12.8. The fourth-order valence-electron chi connectivity index (χ4n) is 2.84. The van der Waals surface area contributed by atoms with Gasteiger partial charge >= 0.3 is 0 Å². The van der Waals surface area contributed by atoms with Gasteiger partial charge in [0.2, 0.25) is 6.79 Å². The molecule has 2 aliphatic rings. The Hall–Kier alpha value is -1.89. The highest BCUT2D eigenvalue weighted by Crippen LogP contribution is 2.35. The number of rotatable bonds is 2. The van der Waals surface area contributed by atoms with Crippen LogP contribution in [0.5, 0.6) is 11.5 Å². The van der Waals surface area contributed by atoms with E-state index in [1.807, 2.05) is 18.2 Å². The lowest BCUT2D eigenvalue weighted by molar-refractivity contribution is 0.174. The number of hydrogen-bond donors (Lipinski definition) is 1. The molecule has 1 aliphatic carbocycles. The summed E-state index contributed by atoms with van der Waals surface area (Å²) >= 11 is 0. The van der Waals surface area contributed by atoms with Gasteiger partial charge in [-0.05, 0) is 25.0 Å². The maximum Gasteiger partial charge on any atom is 0.231 e. The van der Waals surface area contributed by atoms with Gasteiger partial charge in [0.1, 0.15) is 0 Å². The first-order chi connectivity index (χ1) is 9.36. The van der Waals surface area contributed by atoms with Crippen molar-refractivity contribution in [1.29, 1.82) is 5.26 Å². The summed E-state index contributed by atoms with van der Waals surface area (Å²) < 4.78 is 10.7. The lowest BCUT2D eigenvalue weighted by atomic mass is 9.96. The Morgan fingerprint density at radius 2 is 1.95 bits per heavy atom. The van der Waals surface area contributed by atoms with Gasteiger partial charge < -0.3 is 14.8 Å². The van der Waals surface area contributed by atoms with Crippen LogP contribution in [0.3, 0.4) is 0 Å². The van der Waals surface area contributed by atoms with Crippen LogP contribution in [0, 0.1) is 17.2 Å². The number of nitriles is 1. The first-order valence-electron chi connectivity index (χ1n) is 6.92. The number of nitrogens with one attached hydrogen (secondary N) is 1. The summed E-state index contributed by atoms with van der Waals surface area (Å²) in [7, 11) is 0. The van der Waals surface area contributed by atoms with Crippen molar-refractivity contribution in [1.82, 2.24) is 0 Å². The van der Waals surface area contributed by atoms with Gasteiger partial charge in [0.15, 0.2) is 11.5 Å². The van der Waals surface area contributed by atoms with Gasteiger partial charge in [-0.25, -0.2) is 0 Å². The summed E-state index contributed by atoms with van der Waals surface area (Å²) in [6.07, 6.45) is 5.65. The highest BCUT2D eigenvalue weighted by atomic mass is 16.7. The molecular weight excluding hydrogens is 240 g/mol.